The summed E-state index contributed by atoms with van der Waals surface area (Å²) in [6.45, 7) is 0. The predicted molar refractivity (Wildman–Crippen MR) is 137 cm³/mol. The van der Waals surface area contributed by atoms with Crippen LogP contribution in [0.4, 0.5) is 0 Å². The van der Waals surface area contributed by atoms with Crippen molar-refractivity contribution < 1.29 is 0 Å². The number of hydrogen-bond donors (Lipinski definition) is 0. The van der Waals surface area contributed by atoms with Gasteiger partial charge < -0.3 is 0 Å². The molecular formula is C30H22N4. The molecule has 0 spiro atoms. The zero-order valence-corrected chi connectivity index (χ0v) is 18.5. The number of para-hydroxylation sites is 1. The summed E-state index contributed by atoms with van der Waals surface area (Å²) in [7, 11) is 0. The highest BCUT2D eigenvalue weighted by atomic mass is 15.3. The number of rotatable bonds is 5. The van der Waals surface area contributed by atoms with E-state index in [0.29, 0.717) is 0 Å². The SMILES string of the molecule is c1ccc(-c2cn(-c3nc(-c4ccccc4)cn3-c3ccccc3)c(-c3ccccc3)n2)cc1. The first-order valence-corrected chi connectivity index (χ1v) is 11.3. The highest BCUT2D eigenvalue weighted by Crippen LogP contribution is 2.30. The summed E-state index contributed by atoms with van der Waals surface area (Å²) in [4.78, 5) is 10.2. The van der Waals surface area contributed by atoms with Crippen LogP contribution in [0.15, 0.2) is 134 Å². The van der Waals surface area contributed by atoms with Gasteiger partial charge in [0.25, 0.3) is 0 Å². The van der Waals surface area contributed by atoms with E-state index in [1.807, 2.05) is 72.8 Å². The van der Waals surface area contributed by atoms with Crippen molar-refractivity contribution >= 4 is 0 Å². The lowest BCUT2D eigenvalue weighted by molar-refractivity contribution is 0.896. The highest BCUT2D eigenvalue weighted by molar-refractivity contribution is 5.68. The minimum atomic E-state index is 0.790. The summed E-state index contributed by atoms with van der Waals surface area (Å²) in [5.41, 5.74) is 6.04. The van der Waals surface area contributed by atoms with Crippen molar-refractivity contribution in [1.29, 1.82) is 0 Å². The Kier molecular flexibility index (Phi) is 5.09. The average Bonchev–Trinajstić information content (AvgIpc) is 3.56. The molecule has 0 aliphatic carbocycles. The van der Waals surface area contributed by atoms with Gasteiger partial charge in [-0.15, -0.1) is 0 Å². The van der Waals surface area contributed by atoms with Gasteiger partial charge in [-0.1, -0.05) is 109 Å². The number of imidazole rings is 2. The van der Waals surface area contributed by atoms with Gasteiger partial charge in [-0.2, -0.15) is 0 Å². The maximum absolute atomic E-state index is 5.11. The van der Waals surface area contributed by atoms with Crippen LogP contribution < -0.4 is 0 Å². The molecule has 2 heterocycles. The van der Waals surface area contributed by atoms with Crippen LogP contribution in [0, 0.1) is 0 Å². The molecule has 0 saturated heterocycles. The molecule has 34 heavy (non-hydrogen) atoms. The molecule has 4 heteroatoms. The van der Waals surface area contributed by atoms with Gasteiger partial charge in [-0.3, -0.25) is 9.13 Å². The molecule has 6 aromatic rings. The fraction of sp³-hybridized carbons (Fsp3) is 0. The second-order valence-corrected chi connectivity index (χ2v) is 8.05. The van der Waals surface area contributed by atoms with Crippen LogP contribution >= 0.6 is 0 Å². The first-order valence-electron chi connectivity index (χ1n) is 11.3. The largest absolute Gasteiger partial charge is 0.285 e. The van der Waals surface area contributed by atoms with Gasteiger partial charge in [0.1, 0.15) is 5.82 Å². The topological polar surface area (TPSA) is 35.6 Å². The van der Waals surface area contributed by atoms with E-state index in [-0.39, 0.29) is 0 Å². The Bertz CT molecular complexity index is 1400. The van der Waals surface area contributed by atoms with Crippen LogP contribution in [0.2, 0.25) is 0 Å². The molecule has 0 fully saturated rings. The number of benzene rings is 4. The van der Waals surface area contributed by atoms with E-state index < -0.39 is 0 Å². The van der Waals surface area contributed by atoms with Gasteiger partial charge in [-0.05, 0) is 12.1 Å². The van der Waals surface area contributed by atoms with E-state index in [9.17, 15) is 0 Å². The lowest BCUT2D eigenvalue weighted by Crippen LogP contribution is -2.05. The van der Waals surface area contributed by atoms with Crippen molar-refractivity contribution in [2.45, 2.75) is 0 Å². The standard InChI is InChI=1S/C30H22N4/c1-5-13-23(14-6-1)27-22-34(29(31-27)25-17-9-3-10-18-25)30-32-28(24-15-7-2-8-16-24)21-33(30)26-19-11-4-12-20-26/h1-22H. The van der Waals surface area contributed by atoms with Gasteiger partial charge in [0.05, 0.1) is 11.4 Å². The quantitative estimate of drug-likeness (QED) is 0.289. The molecule has 0 radical (unpaired) electrons. The van der Waals surface area contributed by atoms with Crippen molar-refractivity contribution in [2.75, 3.05) is 0 Å². The molecule has 0 aliphatic rings. The maximum atomic E-state index is 5.11. The first kappa shape index (κ1) is 19.9. The minimum Gasteiger partial charge on any atom is -0.285 e. The Morgan fingerprint density at radius 3 is 1.41 bits per heavy atom. The summed E-state index contributed by atoms with van der Waals surface area (Å²) in [6.07, 6.45) is 4.17. The third-order valence-electron chi connectivity index (χ3n) is 5.81. The molecule has 0 N–H and O–H groups in total. The summed E-state index contributed by atoms with van der Waals surface area (Å²) >= 11 is 0. The molecule has 0 bridgehead atoms. The Morgan fingerprint density at radius 2 is 0.853 bits per heavy atom. The highest BCUT2D eigenvalue weighted by Gasteiger charge is 2.19. The second-order valence-electron chi connectivity index (χ2n) is 8.05. The summed E-state index contributed by atoms with van der Waals surface area (Å²) in [5, 5.41) is 0. The van der Waals surface area contributed by atoms with Crippen molar-refractivity contribution in [3.8, 4) is 45.5 Å². The van der Waals surface area contributed by atoms with E-state index in [1.165, 1.54) is 0 Å². The molecule has 162 valence electrons. The zero-order valence-electron chi connectivity index (χ0n) is 18.5. The van der Waals surface area contributed by atoms with Crippen LogP contribution in [0.3, 0.4) is 0 Å². The normalized spacial score (nSPS) is 10.9. The van der Waals surface area contributed by atoms with E-state index in [2.05, 4.69) is 70.1 Å². The molecule has 0 saturated carbocycles. The van der Waals surface area contributed by atoms with Crippen LogP contribution in [0.1, 0.15) is 0 Å². The van der Waals surface area contributed by atoms with Crippen molar-refractivity contribution in [3.63, 3.8) is 0 Å². The molecule has 6 rings (SSSR count). The number of aromatic nitrogens is 4. The minimum absolute atomic E-state index is 0.790. The summed E-state index contributed by atoms with van der Waals surface area (Å²) in [5.74, 6) is 1.64. The predicted octanol–water partition coefficient (Wildman–Crippen LogP) is 7.06. The van der Waals surface area contributed by atoms with Gasteiger partial charge in [0.2, 0.25) is 5.95 Å². The van der Waals surface area contributed by atoms with Crippen LogP contribution in [0.5, 0.6) is 0 Å². The van der Waals surface area contributed by atoms with E-state index >= 15 is 0 Å². The Balaban J connectivity index is 1.61. The van der Waals surface area contributed by atoms with E-state index in [1.54, 1.807) is 0 Å². The average molecular weight is 439 g/mol. The van der Waals surface area contributed by atoms with E-state index in [0.717, 1.165) is 45.5 Å². The fourth-order valence-electron chi connectivity index (χ4n) is 4.14. The molecule has 4 aromatic carbocycles. The van der Waals surface area contributed by atoms with Gasteiger partial charge in [-0.25, -0.2) is 9.97 Å². The molecule has 0 amide bonds. The van der Waals surface area contributed by atoms with Gasteiger partial charge in [0, 0.05) is 34.8 Å². The molecule has 0 unspecified atom stereocenters. The monoisotopic (exact) mass is 438 g/mol. The van der Waals surface area contributed by atoms with Crippen LogP contribution in [-0.4, -0.2) is 19.1 Å². The van der Waals surface area contributed by atoms with E-state index in [4.69, 9.17) is 9.97 Å². The molecule has 4 nitrogen and oxygen atoms in total. The van der Waals surface area contributed by atoms with Gasteiger partial charge in [0.15, 0.2) is 0 Å². The number of nitrogens with zero attached hydrogens (tertiary/aromatic N) is 4. The molecular weight excluding hydrogens is 416 g/mol. The third-order valence-corrected chi connectivity index (χ3v) is 5.81. The van der Waals surface area contributed by atoms with Crippen LogP contribution in [0.25, 0.3) is 45.5 Å². The van der Waals surface area contributed by atoms with Crippen molar-refractivity contribution in [1.82, 2.24) is 19.1 Å². The lowest BCUT2D eigenvalue weighted by atomic mass is 10.2. The van der Waals surface area contributed by atoms with Crippen molar-refractivity contribution in [3.05, 3.63) is 134 Å². The third kappa shape index (κ3) is 3.71. The maximum Gasteiger partial charge on any atom is 0.220 e. The summed E-state index contributed by atoms with van der Waals surface area (Å²) < 4.78 is 4.22. The second kappa shape index (κ2) is 8.68. The Hall–Kier alpha value is -4.70. The van der Waals surface area contributed by atoms with Crippen LogP contribution in [-0.2, 0) is 0 Å². The Morgan fingerprint density at radius 1 is 0.412 bits per heavy atom. The van der Waals surface area contributed by atoms with Crippen molar-refractivity contribution in [2.24, 2.45) is 0 Å². The van der Waals surface area contributed by atoms with Gasteiger partial charge >= 0.3 is 0 Å². The zero-order chi connectivity index (χ0) is 22.7. The Labute approximate surface area is 198 Å². The fourth-order valence-corrected chi connectivity index (χ4v) is 4.14. The number of hydrogen-bond acceptors (Lipinski definition) is 2. The summed E-state index contributed by atoms with van der Waals surface area (Å²) in [6, 6.07) is 41.1. The lowest BCUT2D eigenvalue weighted by Gasteiger charge is -2.10. The molecule has 0 atom stereocenters. The smallest absolute Gasteiger partial charge is 0.220 e. The first-order chi connectivity index (χ1) is 16.9. The molecule has 0 aliphatic heterocycles. The molecule has 2 aromatic heterocycles.